The van der Waals surface area contributed by atoms with E-state index < -0.39 is 0 Å². The van der Waals surface area contributed by atoms with Gasteiger partial charge >= 0.3 is 0 Å². The zero-order valence-electron chi connectivity index (χ0n) is 25.5. The highest BCUT2D eigenvalue weighted by atomic mass is 15.5. The van der Waals surface area contributed by atoms with E-state index in [1.807, 2.05) is 50.5 Å². The molecule has 5 aromatic heterocycles. The van der Waals surface area contributed by atoms with Gasteiger partial charge in [0.1, 0.15) is 40.7 Å². The molecule has 5 aromatic rings. The molecule has 5 rings (SSSR count). The van der Waals surface area contributed by atoms with E-state index in [1.165, 1.54) is 6.33 Å². The predicted octanol–water partition coefficient (Wildman–Crippen LogP) is 2.73. The Kier molecular flexibility index (Phi) is 10.2. The van der Waals surface area contributed by atoms with Crippen LogP contribution in [0.1, 0.15) is 22.8 Å². The van der Waals surface area contributed by atoms with Crippen molar-refractivity contribution in [3.8, 4) is 0 Å². The van der Waals surface area contributed by atoms with E-state index in [0.29, 0.717) is 34.4 Å². The van der Waals surface area contributed by atoms with Gasteiger partial charge in [0.2, 0.25) is 0 Å². The smallest absolute Gasteiger partial charge is 0.154 e. The first kappa shape index (κ1) is 30.9. The number of hydrogen-bond donors (Lipinski definition) is 0. The van der Waals surface area contributed by atoms with Gasteiger partial charge in [-0.3, -0.25) is 40.0 Å². The van der Waals surface area contributed by atoms with Gasteiger partial charge in [0.25, 0.3) is 0 Å². The summed E-state index contributed by atoms with van der Waals surface area (Å²) in [5.41, 5.74) is 2.32. The lowest BCUT2D eigenvalue weighted by Crippen LogP contribution is -2.15. The van der Waals surface area contributed by atoms with Crippen LogP contribution in [-0.2, 0) is 0 Å². The minimum absolute atomic E-state index is 0.552. The third-order valence-corrected chi connectivity index (χ3v) is 6.10. The molecule has 0 amide bonds. The van der Waals surface area contributed by atoms with Crippen molar-refractivity contribution in [1.29, 1.82) is 0 Å². The van der Waals surface area contributed by atoms with Crippen molar-refractivity contribution >= 4 is 48.1 Å². The minimum atomic E-state index is 0.552. The molecule has 0 aliphatic heterocycles. The molecule has 0 saturated carbocycles. The standard InChI is InChI=1S/C30H30N16/c1-43(27-9-5-7-11-31-27)39-18-23-14-35-25(16-33-23)20-41-45(3)29-13-30(38-22-37-29)46(4)42-21-26-17-34-24(15-36-26)19-40-44(2)28-10-6-8-12-32-28/h5-22H,1-4H3/b39-18+,40-19+,41-20+,42-21+. The zero-order valence-corrected chi connectivity index (χ0v) is 25.5. The number of nitrogens with zero attached hydrogens (tertiary/aromatic N) is 16. The van der Waals surface area contributed by atoms with Crippen molar-refractivity contribution in [3.05, 3.63) is 109 Å². The zero-order chi connectivity index (χ0) is 32.1. The van der Waals surface area contributed by atoms with E-state index in [9.17, 15) is 0 Å². The van der Waals surface area contributed by atoms with Crippen LogP contribution >= 0.6 is 0 Å². The summed E-state index contributed by atoms with van der Waals surface area (Å²) in [6.45, 7) is 0. The molecule has 0 aromatic carbocycles. The van der Waals surface area contributed by atoms with Crippen molar-refractivity contribution in [2.75, 3.05) is 48.2 Å². The van der Waals surface area contributed by atoms with Gasteiger partial charge in [-0.05, 0) is 24.3 Å². The highest BCUT2D eigenvalue weighted by Crippen LogP contribution is 2.16. The third kappa shape index (κ3) is 8.73. The van der Waals surface area contributed by atoms with Crippen LogP contribution in [-0.4, -0.2) is 92.9 Å². The highest BCUT2D eigenvalue weighted by molar-refractivity contribution is 5.81. The number of aromatic nitrogens is 8. The number of pyridine rings is 2. The van der Waals surface area contributed by atoms with Crippen LogP contribution in [0, 0.1) is 0 Å². The van der Waals surface area contributed by atoms with Gasteiger partial charge in [0, 0.05) is 46.7 Å². The fourth-order valence-corrected chi connectivity index (χ4v) is 3.56. The molecule has 0 aliphatic rings. The largest absolute Gasteiger partial charge is 0.251 e. The van der Waals surface area contributed by atoms with E-state index >= 15 is 0 Å². The maximum Gasteiger partial charge on any atom is 0.154 e. The minimum Gasteiger partial charge on any atom is -0.251 e. The Bertz CT molecular complexity index is 1660. The van der Waals surface area contributed by atoms with Gasteiger partial charge in [-0.25, -0.2) is 19.9 Å². The molecule has 46 heavy (non-hydrogen) atoms. The first-order chi connectivity index (χ1) is 22.4. The number of hydrogen-bond acceptors (Lipinski definition) is 16. The third-order valence-electron chi connectivity index (χ3n) is 6.10. The second kappa shape index (κ2) is 15.2. The van der Waals surface area contributed by atoms with Crippen LogP contribution in [0.4, 0.5) is 23.3 Å². The Morgan fingerprint density at radius 3 is 1.09 bits per heavy atom. The quantitative estimate of drug-likeness (QED) is 0.149. The Morgan fingerprint density at radius 1 is 0.435 bits per heavy atom. The van der Waals surface area contributed by atoms with Gasteiger partial charge in [0.05, 0.1) is 49.6 Å². The average molecular weight is 615 g/mol. The molecule has 0 unspecified atom stereocenters. The van der Waals surface area contributed by atoms with Crippen molar-refractivity contribution in [1.82, 2.24) is 39.9 Å². The van der Waals surface area contributed by atoms with Crippen LogP contribution in [0.15, 0.2) is 106 Å². The summed E-state index contributed by atoms with van der Waals surface area (Å²) in [5, 5.41) is 24.0. The van der Waals surface area contributed by atoms with Gasteiger partial charge in [-0.1, -0.05) is 12.1 Å². The van der Waals surface area contributed by atoms with E-state index in [0.717, 1.165) is 11.6 Å². The first-order valence-electron chi connectivity index (χ1n) is 13.8. The lowest BCUT2D eigenvalue weighted by molar-refractivity contribution is 0.930. The van der Waals surface area contributed by atoms with Crippen LogP contribution in [0.25, 0.3) is 0 Å². The summed E-state index contributed by atoms with van der Waals surface area (Å²) in [6.07, 6.45) is 17.7. The monoisotopic (exact) mass is 614 g/mol. The lowest BCUT2D eigenvalue weighted by Gasteiger charge is -2.15. The Balaban J connectivity index is 1.14. The van der Waals surface area contributed by atoms with E-state index in [-0.39, 0.29) is 0 Å². The fourth-order valence-electron chi connectivity index (χ4n) is 3.56. The van der Waals surface area contributed by atoms with Crippen molar-refractivity contribution in [2.45, 2.75) is 0 Å². The Hall–Kier alpha value is -6.58. The second-order valence-electron chi connectivity index (χ2n) is 9.42. The first-order valence-corrected chi connectivity index (χ1v) is 13.8. The second-order valence-corrected chi connectivity index (χ2v) is 9.42. The van der Waals surface area contributed by atoms with Crippen molar-refractivity contribution < 1.29 is 0 Å². The molecule has 0 bridgehead atoms. The predicted molar refractivity (Wildman–Crippen MR) is 179 cm³/mol. The molecular formula is C30H30N16. The SMILES string of the molecule is CN(/N=C/c1cnc(/C=N/N(C)c2cc(N(C)/N=C/c3cnc(/C=N/N(C)c4ccccn4)cn3)ncn2)cn1)c1ccccn1. The molecule has 5 heterocycles. The molecule has 16 heteroatoms. The van der Waals surface area contributed by atoms with Crippen molar-refractivity contribution in [3.63, 3.8) is 0 Å². The van der Waals surface area contributed by atoms with Crippen molar-refractivity contribution in [2.24, 2.45) is 20.4 Å². The van der Waals surface area contributed by atoms with Gasteiger partial charge in [0.15, 0.2) is 11.6 Å². The van der Waals surface area contributed by atoms with Crippen LogP contribution in [0.5, 0.6) is 0 Å². The summed E-state index contributed by atoms with van der Waals surface area (Å²) < 4.78 is 0. The summed E-state index contributed by atoms with van der Waals surface area (Å²) in [5.74, 6) is 2.54. The summed E-state index contributed by atoms with van der Waals surface area (Å²) in [7, 11) is 7.15. The van der Waals surface area contributed by atoms with E-state index in [1.54, 1.807) is 102 Å². The summed E-state index contributed by atoms with van der Waals surface area (Å²) in [4.78, 5) is 34.6. The topological polar surface area (TPSA) is 166 Å². The van der Waals surface area contributed by atoms with E-state index in [4.69, 9.17) is 0 Å². The molecule has 0 spiro atoms. The molecule has 0 aliphatic carbocycles. The lowest BCUT2D eigenvalue weighted by atomic mass is 10.4. The molecule has 0 N–H and O–H groups in total. The molecule has 230 valence electrons. The normalized spacial score (nSPS) is 11.6. The Morgan fingerprint density at radius 2 is 0.783 bits per heavy atom. The molecule has 0 radical (unpaired) electrons. The molecular weight excluding hydrogens is 584 g/mol. The maximum atomic E-state index is 4.43. The van der Waals surface area contributed by atoms with Crippen LogP contribution in [0.3, 0.4) is 0 Å². The van der Waals surface area contributed by atoms with Crippen LogP contribution < -0.4 is 20.0 Å². The Labute approximate surface area is 265 Å². The van der Waals surface area contributed by atoms with Gasteiger partial charge in [-0.15, -0.1) is 0 Å². The number of rotatable bonds is 12. The molecule has 0 fully saturated rings. The summed E-state index contributed by atoms with van der Waals surface area (Å²) in [6, 6.07) is 13.0. The molecule has 0 saturated heterocycles. The summed E-state index contributed by atoms with van der Waals surface area (Å²) >= 11 is 0. The fraction of sp³-hybridized carbons (Fsp3) is 0.133. The highest BCUT2D eigenvalue weighted by Gasteiger charge is 2.07. The van der Waals surface area contributed by atoms with E-state index in [2.05, 4.69) is 60.3 Å². The average Bonchev–Trinajstić information content (AvgIpc) is 3.12. The number of anilines is 4. The van der Waals surface area contributed by atoms with Crippen LogP contribution in [0.2, 0.25) is 0 Å². The number of hydrazone groups is 4. The maximum absolute atomic E-state index is 4.43. The van der Waals surface area contributed by atoms with Gasteiger partial charge < -0.3 is 0 Å². The molecule has 0 atom stereocenters. The van der Waals surface area contributed by atoms with Gasteiger partial charge in [-0.2, -0.15) is 20.4 Å². The molecule has 16 nitrogen and oxygen atoms in total.